The molecule has 1 fully saturated rings. The van der Waals surface area contributed by atoms with Crippen LogP contribution in [0.2, 0.25) is 0 Å². The minimum atomic E-state index is 0.215. The monoisotopic (exact) mass is 411 g/mol. The van der Waals surface area contributed by atoms with Crippen LogP contribution < -0.4 is 15.5 Å². The van der Waals surface area contributed by atoms with Crippen LogP contribution in [-0.2, 0) is 13.0 Å². The number of hydrogen-bond donors (Lipinski definition) is 2. The van der Waals surface area contributed by atoms with Crippen molar-refractivity contribution in [2.75, 3.05) is 44.7 Å². The summed E-state index contributed by atoms with van der Waals surface area (Å²) < 4.78 is 0. The normalized spacial score (nSPS) is 18.6. The summed E-state index contributed by atoms with van der Waals surface area (Å²) in [6.07, 6.45) is 3.79. The van der Waals surface area contributed by atoms with Crippen molar-refractivity contribution in [1.82, 2.24) is 15.5 Å². The molecule has 0 radical (unpaired) electrons. The van der Waals surface area contributed by atoms with Gasteiger partial charge >= 0.3 is 0 Å². The highest BCUT2D eigenvalue weighted by Crippen LogP contribution is 2.24. The summed E-state index contributed by atoms with van der Waals surface area (Å²) in [4.78, 5) is 11.0. The smallest absolute Gasteiger partial charge is 0.191 e. The molecule has 6 heteroatoms. The van der Waals surface area contributed by atoms with Crippen molar-refractivity contribution >= 4 is 23.0 Å². The third kappa shape index (κ3) is 5.11. The molecule has 1 atom stereocenters. The van der Waals surface area contributed by atoms with Crippen LogP contribution in [0.5, 0.6) is 0 Å². The Bertz CT molecular complexity index is 824. The second kappa shape index (κ2) is 9.63. The Labute approximate surface area is 178 Å². The molecule has 29 heavy (non-hydrogen) atoms. The van der Waals surface area contributed by atoms with Gasteiger partial charge in [-0.3, -0.25) is 9.89 Å². The maximum atomic E-state index is 4.43. The van der Waals surface area contributed by atoms with Gasteiger partial charge in [0.2, 0.25) is 0 Å². The largest absolute Gasteiger partial charge is 0.372 e. The van der Waals surface area contributed by atoms with Crippen LogP contribution in [-0.4, -0.2) is 50.6 Å². The Morgan fingerprint density at radius 2 is 2.07 bits per heavy atom. The molecule has 0 saturated carbocycles. The second-order valence-electron chi connectivity index (χ2n) is 8.05. The van der Waals surface area contributed by atoms with Gasteiger partial charge in [0.1, 0.15) is 0 Å². The zero-order chi connectivity index (χ0) is 20.1. The number of nitrogens with zero attached hydrogens (tertiary/aromatic N) is 3. The summed E-state index contributed by atoms with van der Waals surface area (Å²) in [5, 5.41) is 9.27. The predicted molar refractivity (Wildman–Crippen MR) is 124 cm³/mol. The molecule has 3 heterocycles. The van der Waals surface area contributed by atoms with E-state index < -0.39 is 0 Å². The molecular formula is C23H33N5S. The summed E-state index contributed by atoms with van der Waals surface area (Å²) in [6, 6.07) is 11.4. The highest BCUT2D eigenvalue weighted by atomic mass is 32.1. The molecule has 2 aliphatic heterocycles. The molecule has 1 unspecified atom stereocenters. The molecular weight excluding hydrogens is 378 g/mol. The lowest BCUT2D eigenvalue weighted by molar-refractivity contribution is 0.260. The Hall–Kier alpha value is -2.05. The summed E-state index contributed by atoms with van der Waals surface area (Å²) in [5.41, 5.74) is 4.16. The summed E-state index contributed by atoms with van der Waals surface area (Å²) in [7, 11) is 1.85. The lowest BCUT2D eigenvalue weighted by Crippen LogP contribution is -2.43. The highest BCUT2D eigenvalue weighted by molar-refractivity contribution is 7.10. The first-order valence-corrected chi connectivity index (χ1v) is 11.7. The first-order valence-electron chi connectivity index (χ1n) is 10.8. The zero-order valence-corrected chi connectivity index (χ0v) is 18.5. The molecule has 4 rings (SSSR count). The van der Waals surface area contributed by atoms with Gasteiger partial charge in [-0.05, 0) is 60.9 Å². The SMILES string of the molecule is CN=C(NCCN1CCc2sccc2C1)NC(C)c1cccc(N2CCCC2)c1. The number of fused-ring (bicyclic) bond motifs is 1. The molecule has 1 aromatic heterocycles. The van der Waals surface area contributed by atoms with Crippen LogP contribution >= 0.6 is 11.3 Å². The fourth-order valence-corrected chi connectivity index (χ4v) is 5.17. The minimum absolute atomic E-state index is 0.215. The van der Waals surface area contributed by atoms with Crippen molar-refractivity contribution in [3.05, 3.63) is 51.7 Å². The van der Waals surface area contributed by atoms with E-state index in [0.29, 0.717) is 0 Å². The number of aliphatic imine (C=N–C) groups is 1. The van der Waals surface area contributed by atoms with E-state index in [1.165, 1.54) is 49.2 Å². The molecule has 2 N–H and O–H groups in total. The first-order chi connectivity index (χ1) is 14.2. The predicted octanol–water partition coefficient (Wildman–Crippen LogP) is 3.63. The van der Waals surface area contributed by atoms with E-state index >= 15 is 0 Å². The number of thiophene rings is 1. The van der Waals surface area contributed by atoms with Crippen LogP contribution in [0.4, 0.5) is 5.69 Å². The van der Waals surface area contributed by atoms with Crippen molar-refractivity contribution in [2.45, 2.75) is 38.8 Å². The topological polar surface area (TPSA) is 42.9 Å². The lowest BCUT2D eigenvalue weighted by atomic mass is 10.1. The molecule has 1 aromatic carbocycles. The molecule has 156 valence electrons. The average molecular weight is 412 g/mol. The number of hydrogen-bond acceptors (Lipinski definition) is 4. The van der Waals surface area contributed by atoms with E-state index in [1.807, 2.05) is 18.4 Å². The van der Waals surface area contributed by atoms with Crippen molar-refractivity contribution in [3.8, 4) is 0 Å². The molecule has 0 bridgehead atoms. The lowest BCUT2D eigenvalue weighted by Gasteiger charge is -2.27. The standard InChI is InChI=1S/C23H33N5S/c1-18(19-6-5-7-21(16-19)28-11-3-4-12-28)26-23(24-2)25-10-14-27-13-8-22-20(17-27)9-15-29-22/h5-7,9,15-16,18H,3-4,8,10-14,17H2,1-2H3,(H2,24,25,26). The van der Waals surface area contributed by atoms with Crippen molar-refractivity contribution in [1.29, 1.82) is 0 Å². The van der Waals surface area contributed by atoms with Crippen LogP contribution in [0.15, 0.2) is 40.7 Å². The number of guanidine groups is 1. The van der Waals surface area contributed by atoms with Gasteiger partial charge in [0.15, 0.2) is 5.96 Å². The van der Waals surface area contributed by atoms with Crippen molar-refractivity contribution < 1.29 is 0 Å². The number of nitrogens with one attached hydrogen (secondary N) is 2. The van der Waals surface area contributed by atoms with Gasteiger partial charge in [0.05, 0.1) is 6.04 Å². The van der Waals surface area contributed by atoms with Gasteiger partial charge < -0.3 is 15.5 Å². The van der Waals surface area contributed by atoms with Gasteiger partial charge in [-0.25, -0.2) is 0 Å². The summed E-state index contributed by atoms with van der Waals surface area (Å²) in [5.74, 6) is 0.873. The third-order valence-electron chi connectivity index (χ3n) is 6.03. The van der Waals surface area contributed by atoms with E-state index in [1.54, 1.807) is 4.88 Å². The molecule has 2 aliphatic rings. The minimum Gasteiger partial charge on any atom is -0.372 e. The zero-order valence-electron chi connectivity index (χ0n) is 17.7. The van der Waals surface area contributed by atoms with Crippen molar-refractivity contribution in [3.63, 3.8) is 0 Å². The van der Waals surface area contributed by atoms with Gasteiger partial charge in [0.25, 0.3) is 0 Å². The van der Waals surface area contributed by atoms with Gasteiger partial charge in [-0.2, -0.15) is 0 Å². The van der Waals surface area contributed by atoms with Crippen LogP contribution in [0.1, 0.15) is 41.8 Å². The quantitative estimate of drug-likeness (QED) is 0.563. The molecule has 1 saturated heterocycles. The number of anilines is 1. The van der Waals surface area contributed by atoms with E-state index in [9.17, 15) is 0 Å². The average Bonchev–Trinajstić information content (AvgIpc) is 3.44. The maximum Gasteiger partial charge on any atom is 0.191 e. The Balaban J connectivity index is 1.26. The summed E-state index contributed by atoms with van der Waals surface area (Å²) in [6.45, 7) is 8.73. The second-order valence-corrected chi connectivity index (χ2v) is 9.05. The summed E-state index contributed by atoms with van der Waals surface area (Å²) >= 11 is 1.90. The first kappa shape index (κ1) is 20.2. The Morgan fingerprint density at radius 1 is 1.21 bits per heavy atom. The van der Waals surface area contributed by atoms with E-state index in [0.717, 1.165) is 32.1 Å². The highest BCUT2D eigenvalue weighted by Gasteiger charge is 2.17. The number of benzene rings is 1. The van der Waals surface area contributed by atoms with E-state index in [4.69, 9.17) is 0 Å². The Morgan fingerprint density at radius 3 is 2.90 bits per heavy atom. The van der Waals surface area contributed by atoms with Gasteiger partial charge in [-0.1, -0.05) is 12.1 Å². The molecule has 0 amide bonds. The van der Waals surface area contributed by atoms with Crippen molar-refractivity contribution in [2.24, 2.45) is 4.99 Å². The molecule has 2 aromatic rings. The fourth-order valence-electron chi connectivity index (χ4n) is 4.28. The third-order valence-corrected chi connectivity index (χ3v) is 7.05. The molecule has 0 spiro atoms. The number of rotatable bonds is 6. The van der Waals surface area contributed by atoms with E-state index in [2.05, 4.69) is 68.1 Å². The molecule has 5 nitrogen and oxygen atoms in total. The van der Waals surface area contributed by atoms with E-state index in [-0.39, 0.29) is 6.04 Å². The van der Waals surface area contributed by atoms with Crippen LogP contribution in [0.3, 0.4) is 0 Å². The fraction of sp³-hybridized carbons (Fsp3) is 0.522. The van der Waals surface area contributed by atoms with Crippen LogP contribution in [0.25, 0.3) is 0 Å². The van der Waals surface area contributed by atoms with Gasteiger partial charge in [-0.15, -0.1) is 11.3 Å². The maximum absolute atomic E-state index is 4.43. The van der Waals surface area contributed by atoms with Gasteiger partial charge in [0, 0.05) is 56.9 Å². The molecule has 0 aliphatic carbocycles. The Kier molecular flexibility index (Phi) is 6.72. The van der Waals surface area contributed by atoms with Crippen LogP contribution in [0, 0.1) is 0 Å².